The number of fused-ring (bicyclic) bond motifs is 1. The Morgan fingerprint density at radius 3 is 2.50 bits per heavy atom. The van der Waals surface area contributed by atoms with Gasteiger partial charge in [-0.1, -0.05) is 20.3 Å². The van der Waals surface area contributed by atoms with Gasteiger partial charge in [0.1, 0.15) is 17.2 Å². The number of sulfonamides is 1. The van der Waals surface area contributed by atoms with Gasteiger partial charge in [0.05, 0.1) is 17.0 Å². The first-order valence-electron chi connectivity index (χ1n) is 13.3. The fourth-order valence-corrected chi connectivity index (χ4v) is 7.48. The molecule has 3 aromatic rings. The number of benzene rings is 2. The molecule has 1 aromatic heterocycles. The van der Waals surface area contributed by atoms with E-state index in [9.17, 15) is 22.6 Å². The van der Waals surface area contributed by atoms with Gasteiger partial charge in [0.25, 0.3) is 12.8 Å². The van der Waals surface area contributed by atoms with Crippen molar-refractivity contribution in [2.24, 2.45) is 11.8 Å². The molecule has 2 fully saturated rings. The van der Waals surface area contributed by atoms with Gasteiger partial charge >= 0.3 is 0 Å². The van der Waals surface area contributed by atoms with E-state index in [0.717, 1.165) is 24.8 Å². The van der Waals surface area contributed by atoms with Crippen molar-refractivity contribution in [1.29, 1.82) is 0 Å². The van der Waals surface area contributed by atoms with Crippen molar-refractivity contribution in [2.75, 3.05) is 23.7 Å². The van der Waals surface area contributed by atoms with Gasteiger partial charge < -0.3 is 14.8 Å². The Hall–Kier alpha value is -2.85. The number of hydrogen-bond donors (Lipinski definition) is 2. The van der Waals surface area contributed by atoms with E-state index in [1.165, 1.54) is 16.4 Å². The van der Waals surface area contributed by atoms with Crippen LogP contribution >= 0.6 is 0 Å². The summed E-state index contributed by atoms with van der Waals surface area (Å²) in [4.78, 5) is 13.0. The second-order valence-electron chi connectivity index (χ2n) is 11.1. The molecule has 1 unspecified atom stereocenters. The number of rotatable bonds is 9. The molecule has 1 saturated carbocycles. The molecule has 1 aliphatic heterocycles. The number of carbonyl (C=O) groups is 1. The maximum Gasteiger partial charge on any atom is 0.289 e. The summed E-state index contributed by atoms with van der Waals surface area (Å²) >= 11 is 0. The van der Waals surface area contributed by atoms with Crippen LogP contribution in [-0.4, -0.2) is 45.6 Å². The van der Waals surface area contributed by atoms with E-state index in [1.54, 1.807) is 25.2 Å². The Balaban J connectivity index is 1.70. The minimum absolute atomic E-state index is 0.00684. The number of anilines is 1. The first-order valence-corrected chi connectivity index (χ1v) is 14.9. The molecule has 2 aromatic carbocycles. The predicted octanol–water partition coefficient (Wildman–Crippen LogP) is 5.27. The molecule has 1 aliphatic carbocycles. The second kappa shape index (κ2) is 10.4. The third-order valence-electron chi connectivity index (χ3n) is 7.50. The van der Waals surface area contributed by atoms with Gasteiger partial charge in [0.15, 0.2) is 0 Å². The van der Waals surface area contributed by atoms with Crippen LogP contribution in [0.15, 0.2) is 40.8 Å². The van der Waals surface area contributed by atoms with Gasteiger partial charge in [-0.25, -0.2) is 12.8 Å². The molecule has 0 radical (unpaired) electrons. The van der Waals surface area contributed by atoms with Gasteiger partial charge in [0.2, 0.25) is 10.0 Å². The predicted molar refractivity (Wildman–Crippen MR) is 149 cm³/mol. The molecule has 7 nitrogen and oxygen atoms in total. The maximum atomic E-state index is 13.8. The number of furan rings is 1. The standard InChI is InChI=1S/C28H34BFN2O5S/c1-17(2)16-38(35,36)32(15-18-10-11-29(34)14-18)24-13-25-23(12-22(24)19-4-5-19)26(28(33)31-3)27(37-25)20-6-8-21(30)9-7-20/h6-9,12-13,17-19,34H,4-5,10-11,14-16H2,1-3H3,(H,31,33). The molecule has 0 bridgehead atoms. The van der Waals surface area contributed by atoms with Crippen molar-refractivity contribution in [1.82, 2.24) is 5.32 Å². The zero-order chi connectivity index (χ0) is 27.2. The number of hydrogen-bond acceptors (Lipinski definition) is 5. The van der Waals surface area contributed by atoms with Crippen LogP contribution in [0.1, 0.15) is 54.9 Å². The van der Waals surface area contributed by atoms with Gasteiger partial charge in [-0.3, -0.25) is 9.10 Å². The Kier molecular flexibility index (Phi) is 7.30. The minimum Gasteiger partial charge on any atom is -0.455 e. The summed E-state index contributed by atoms with van der Waals surface area (Å²) in [7, 11) is -2.12. The van der Waals surface area contributed by atoms with Crippen molar-refractivity contribution in [3.63, 3.8) is 0 Å². The lowest BCUT2D eigenvalue weighted by atomic mass is 9.66. The van der Waals surface area contributed by atoms with Gasteiger partial charge in [0, 0.05) is 30.6 Å². The maximum absolute atomic E-state index is 13.8. The van der Waals surface area contributed by atoms with Crippen LogP contribution in [0.2, 0.25) is 12.6 Å². The average molecular weight is 540 g/mol. The first kappa shape index (κ1) is 26.7. The first-order chi connectivity index (χ1) is 18.1. The van der Waals surface area contributed by atoms with Crippen molar-refractivity contribution in [2.45, 2.75) is 51.7 Å². The molecule has 1 saturated heterocycles. The normalized spacial score (nSPS) is 17.9. The van der Waals surface area contributed by atoms with E-state index in [-0.39, 0.29) is 29.4 Å². The lowest BCUT2D eigenvalue weighted by molar-refractivity contribution is 0.0964. The fourth-order valence-electron chi connectivity index (χ4n) is 5.56. The quantitative estimate of drug-likeness (QED) is 0.360. The van der Waals surface area contributed by atoms with E-state index in [1.807, 2.05) is 19.9 Å². The SMILES string of the molecule is CNC(=O)c1c(-c2ccc(F)cc2)oc2cc(N(CC3CCB(O)C3)S(=O)(=O)CC(C)C)c(C3CC3)cc12. The summed E-state index contributed by atoms with van der Waals surface area (Å²) in [5.74, 6) is -0.210. The number of amides is 1. The average Bonchev–Trinajstić information content (AvgIpc) is 3.52. The molecular formula is C28H34BFN2O5S. The fraction of sp³-hybridized carbons (Fsp3) is 0.464. The highest BCUT2D eigenvalue weighted by Crippen LogP contribution is 2.48. The van der Waals surface area contributed by atoms with Gasteiger partial charge in [-0.15, -0.1) is 0 Å². The number of nitrogens with one attached hydrogen (secondary N) is 1. The van der Waals surface area contributed by atoms with Crippen molar-refractivity contribution >= 4 is 39.5 Å². The molecule has 2 N–H and O–H groups in total. The Morgan fingerprint density at radius 1 is 1.21 bits per heavy atom. The smallest absolute Gasteiger partial charge is 0.289 e. The highest BCUT2D eigenvalue weighted by molar-refractivity contribution is 7.92. The van der Waals surface area contributed by atoms with Crippen LogP contribution in [-0.2, 0) is 10.0 Å². The molecule has 0 spiro atoms. The van der Waals surface area contributed by atoms with Crippen LogP contribution < -0.4 is 9.62 Å². The van der Waals surface area contributed by atoms with E-state index < -0.39 is 22.8 Å². The summed E-state index contributed by atoms with van der Waals surface area (Å²) in [6.07, 6.45) is 3.90. The van der Waals surface area contributed by atoms with Crippen molar-refractivity contribution in [3.8, 4) is 11.3 Å². The molecule has 1 amide bonds. The number of nitrogens with zero attached hydrogens (tertiary/aromatic N) is 1. The zero-order valence-corrected chi connectivity index (χ0v) is 22.9. The number of halogens is 1. The van der Waals surface area contributed by atoms with Gasteiger partial charge in [-0.2, -0.15) is 0 Å². The molecule has 5 rings (SSSR count). The largest absolute Gasteiger partial charge is 0.455 e. The van der Waals surface area contributed by atoms with E-state index in [2.05, 4.69) is 5.32 Å². The summed E-state index contributed by atoms with van der Waals surface area (Å²) in [5, 5.41) is 13.4. The lowest BCUT2D eigenvalue weighted by Crippen LogP contribution is -2.38. The monoisotopic (exact) mass is 540 g/mol. The molecule has 2 aliphatic rings. The minimum atomic E-state index is -3.67. The third kappa shape index (κ3) is 5.34. The van der Waals surface area contributed by atoms with Crippen LogP contribution in [0, 0.1) is 17.7 Å². The van der Waals surface area contributed by atoms with Crippen molar-refractivity contribution in [3.05, 3.63) is 53.3 Å². The molecule has 202 valence electrons. The summed E-state index contributed by atoms with van der Waals surface area (Å²) in [6.45, 7) is 3.66. The summed E-state index contributed by atoms with van der Waals surface area (Å²) < 4.78 is 48.9. The Morgan fingerprint density at radius 2 is 1.92 bits per heavy atom. The van der Waals surface area contributed by atoms with E-state index >= 15 is 0 Å². The molecular weight excluding hydrogens is 506 g/mol. The Bertz CT molecular complexity index is 1450. The summed E-state index contributed by atoms with van der Waals surface area (Å²) in [5.41, 5.74) is 2.78. The topological polar surface area (TPSA) is 99.8 Å². The Labute approximate surface area is 223 Å². The zero-order valence-electron chi connectivity index (χ0n) is 22.0. The molecule has 1 atom stereocenters. The molecule has 38 heavy (non-hydrogen) atoms. The van der Waals surface area contributed by atoms with Crippen molar-refractivity contribution < 1.29 is 27.0 Å². The van der Waals surface area contributed by atoms with Gasteiger partial charge in [-0.05, 0) is 79.1 Å². The third-order valence-corrected chi connectivity index (χ3v) is 9.61. The van der Waals surface area contributed by atoms with Crippen LogP contribution in [0.3, 0.4) is 0 Å². The molecule has 2 heterocycles. The van der Waals surface area contributed by atoms with Crippen LogP contribution in [0.5, 0.6) is 0 Å². The number of carbonyl (C=O) groups excluding carboxylic acids is 1. The molecule has 10 heteroatoms. The summed E-state index contributed by atoms with van der Waals surface area (Å²) in [6, 6.07) is 9.41. The van der Waals surface area contributed by atoms with E-state index in [0.29, 0.717) is 52.7 Å². The highest BCUT2D eigenvalue weighted by Gasteiger charge is 2.37. The second-order valence-corrected chi connectivity index (χ2v) is 13.0. The highest BCUT2D eigenvalue weighted by atomic mass is 32.2. The van der Waals surface area contributed by atoms with E-state index in [4.69, 9.17) is 4.42 Å². The lowest BCUT2D eigenvalue weighted by Gasteiger charge is -2.30. The van der Waals surface area contributed by atoms with Crippen LogP contribution in [0.25, 0.3) is 22.3 Å². The van der Waals surface area contributed by atoms with Crippen LogP contribution in [0.4, 0.5) is 10.1 Å².